The smallest absolute Gasteiger partial charge is 0.160 e. The van der Waals surface area contributed by atoms with Crippen LogP contribution >= 0.6 is 15.9 Å². The van der Waals surface area contributed by atoms with Crippen molar-refractivity contribution >= 4 is 21.6 Å². The third kappa shape index (κ3) is 1.77. The number of nitrogens with zero attached hydrogens (tertiary/aromatic N) is 4. The van der Waals surface area contributed by atoms with Crippen molar-refractivity contribution in [3.05, 3.63) is 46.3 Å². The fourth-order valence-electron chi connectivity index (χ4n) is 2.47. The predicted octanol–water partition coefficient (Wildman–Crippen LogP) is 1.60. The number of hydrogen-bond acceptors (Lipinski definition) is 4. The van der Waals surface area contributed by atoms with Crippen molar-refractivity contribution in [1.29, 1.82) is 0 Å². The molecule has 2 N–H and O–H groups in total. The maximum Gasteiger partial charge on any atom is 0.160 e. The number of fused-ring (bicyclic) bond motifs is 2. The van der Waals surface area contributed by atoms with Crippen molar-refractivity contribution in [1.82, 2.24) is 29.9 Å². The van der Waals surface area contributed by atoms with Gasteiger partial charge in [0, 0.05) is 23.6 Å². The SMILES string of the molecule is Brc1ccc2nnc(C3Cc4nc[nH]c4CN3)n2c1. The van der Waals surface area contributed by atoms with Gasteiger partial charge in [0.2, 0.25) is 0 Å². The van der Waals surface area contributed by atoms with Gasteiger partial charge in [-0.15, -0.1) is 10.2 Å². The highest BCUT2D eigenvalue weighted by Crippen LogP contribution is 2.23. The third-order valence-corrected chi connectivity index (χ3v) is 3.90. The van der Waals surface area contributed by atoms with Crippen LogP contribution in [-0.4, -0.2) is 24.6 Å². The monoisotopic (exact) mass is 318 g/mol. The average molecular weight is 319 g/mol. The van der Waals surface area contributed by atoms with Crippen molar-refractivity contribution in [2.45, 2.75) is 19.0 Å². The van der Waals surface area contributed by atoms with Crippen molar-refractivity contribution in [2.24, 2.45) is 0 Å². The first kappa shape index (κ1) is 11.1. The van der Waals surface area contributed by atoms with E-state index in [2.05, 4.69) is 41.4 Å². The zero-order valence-corrected chi connectivity index (χ0v) is 11.6. The Morgan fingerprint density at radius 3 is 3.21 bits per heavy atom. The lowest BCUT2D eigenvalue weighted by Crippen LogP contribution is -2.30. The summed E-state index contributed by atoms with van der Waals surface area (Å²) < 4.78 is 3.02. The first-order chi connectivity index (χ1) is 9.31. The van der Waals surface area contributed by atoms with Crippen LogP contribution in [0.4, 0.5) is 0 Å². The highest BCUT2D eigenvalue weighted by Gasteiger charge is 2.25. The van der Waals surface area contributed by atoms with Crippen molar-refractivity contribution in [3.63, 3.8) is 0 Å². The van der Waals surface area contributed by atoms with Gasteiger partial charge in [0.1, 0.15) is 0 Å². The van der Waals surface area contributed by atoms with Crippen LogP contribution in [0.5, 0.6) is 0 Å². The van der Waals surface area contributed by atoms with Gasteiger partial charge < -0.3 is 10.3 Å². The van der Waals surface area contributed by atoms with Crippen LogP contribution in [0.15, 0.2) is 29.1 Å². The van der Waals surface area contributed by atoms with E-state index in [1.54, 1.807) is 6.33 Å². The van der Waals surface area contributed by atoms with Gasteiger partial charge in [-0.2, -0.15) is 0 Å². The van der Waals surface area contributed by atoms with Crippen LogP contribution in [0.2, 0.25) is 0 Å². The summed E-state index contributed by atoms with van der Waals surface area (Å²) in [5.74, 6) is 0.921. The fraction of sp³-hybridized carbons (Fsp3) is 0.250. The molecule has 4 rings (SSSR count). The Morgan fingerprint density at radius 2 is 2.26 bits per heavy atom. The molecule has 0 amide bonds. The Hall–Kier alpha value is -1.73. The first-order valence-corrected chi connectivity index (χ1v) is 6.85. The zero-order valence-electron chi connectivity index (χ0n) is 9.97. The molecule has 0 saturated carbocycles. The lowest BCUT2D eigenvalue weighted by atomic mass is 10.1. The minimum absolute atomic E-state index is 0.139. The standard InChI is InChI=1S/C12H11BrN6/c13-7-1-2-11-17-18-12(19(11)5-7)9-3-8-10(4-14-9)16-6-15-8/h1-2,5-6,9,14H,3-4H2,(H,15,16). The Morgan fingerprint density at radius 1 is 1.32 bits per heavy atom. The highest BCUT2D eigenvalue weighted by atomic mass is 79.9. The number of nitrogens with one attached hydrogen (secondary N) is 2. The molecule has 1 aliphatic heterocycles. The van der Waals surface area contributed by atoms with Crippen LogP contribution in [0.25, 0.3) is 5.65 Å². The Balaban J connectivity index is 1.77. The maximum absolute atomic E-state index is 4.35. The summed E-state index contributed by atoms with van der Waals surface area (Å²) in [6.45, 7) is 0.781. The van der Waals surface area contributed by atoms with Gasteiger partial charge in [-0.25, -0.2) is 4.98 Å². The summed E-state index contributed by atoms with van der Waals surface area (Å²) in [6.07, 6.45) is 4.56. The van der Waals surface area contributed by atoms with E-state index in [-0.39, 0.29) is 6.04 Å². The van der Waals surface area contributed by atoms with Gasteiger partial charge in [0.15, 0.2) is 11.5 Å². The average Bonchev–Trinajstić information content (AvgIpc) is 3.03. The molecule has 0 aromatic carbocycles. The molecule has 1 aliphatic rings. The van der Waals surface area contributed by atoms with E-state index in [0.717, 1.165) is 40.3 Å². The summed E-state index contributed by atoms with van der Waals surface area (Å²) in [7, 11) is 0. The van der Waals surface area contributed by atoms with E-state index in [1.807, 2.05) is 22.7 Å². The largest absolute Gasteiger partial charge is 0.347 e. The topological polar surface area (TPSA) is 70.9 Å². The zero-order chi connectivity index (χ0) is 12.8. The number of hydrogen-bond donors (Lipinski definition) is 2. The lowest BCUT2D eigenvalue weighted by molar-refractivity contribution is 0.464. The van der Waals surface area contributed by atoms with Gasteiger partial charge in [-0.05, 0) is 28.1 Å². The van der Waals surface area contributed by atoms with E-state index in [1.165, 1.54) is 0 Å². The molecule has 3 aromatic heterocycles. The number of aromatic nitrogens is 5. The molecule has 3 aromatic rings. The molecular formula is C12H11BrN6. The van der Waals surface area contributed by atoms with Crippen LogP contribution < -0.4 is 5.32 Å². The Kier molecular flexibility index (Phi) is 2.42. The van der Waals surface area contributed by atoms with Crippen LogP contribution in [0, 0.1) is 0 Å². The summed E-state index contributed by atoms with van der Waals surface area (Å²) in [5.41, 5.74) is 3.12. The maximum atomic E-state index is 4.35. The molecule has 1 unspecified atom stereocenters. The predicted molar refractivity (Wildman–Crippen MR) is 72.6 cm³/mol. The van der Waals surface area contributed by atoms with E-state index < -0.39 is 0 Å². The molecule has 0 saturated heterocycles. The van der Waals surface area contributed by atoms with Gasteiger partial charge in [-0.1, -0.05) is 0 Å². The van der Waals surface area contributed by atoms with Gasteiger partial charge in [-0.3, -0.25) is 4.40 Å². The fourth-order valence-corrected chi connectivity index (χ4v) is 2.81. The number of H-pyrrole nitrogens is 1. The second-order valence-electron chi connectivity index (χ2n) is 4.60. The molecular weight excluding hydrogens is 308 g/mol. The molecule has 1 atom stereocenters. The molecule has 0 fully saturated rings. The molecule has 0 radical (unpaired) electrons. The quantitative estimate of drug-likeness (QED) is 0.715. The third-order valence-electron chi connectivity index (χ3n) is 3.43. The number of rotatable bonds is 1. The van der Waals surface area contributed by atoms with E-state index in [4.69, 9.17) is 0 Å². The number of imidazole rings is 1. The molecule has 96 valence electrons. The molecule has 19 heavy (non-hydrogen) atoms. The summed E-state index contributed by atoms with van der Waals surface area (Å²) >= 11 is 3.48. The van der Waals surface area contributed by atoms with Crippen molar-refractivity contribution in [3.8, 4) is 0 Å². The van der Waals surface area contributed by atoms with Crippen molar-refractivity contribution < 1.29 is 0 Å². The normalized spacial score (nSPS) is 18.7. The van der Waals surface area contributed by atoms with Crippen molar-refractivity contribution in [2.75, 3.05) is 0 Å². The van der Waals surface area contributed by atoms with E-state index >= 15 is 0 Å². The molecule has 0 aliphatic carbocycles. The molecule has 4 heterocycles. The molecule has 0 spiro atoms. The van der Waals surface area contributed by atoms with Crippen LogP contribution in [0.1, 0.15) is 23.3 Å². The van der Waals surface area contributed by atoms with Gasteiger partial charge >= 0.3 is 0 Å². The van der Waals surface area contributed by atoms with Gasteiger partial charge in [0.25, 0.3) is 0 Å². The van der Waals surface area contributed by atoms with Crippen LogP contribution in [-0.2, 0) is 13.0 Å². The molecule has 7 heteroatoms. The Bertz CT molecular complexity index is 746. The van der Waals surface area contributed by atoms with Gasteiger partial charge in [0.05, 0.1) is 23.8 Å². The number of halogens is 1. The first-order valence-electron chi connectivity index (χ1n) is 6.06. The van der Waals surface area contributed by atoms with Crippen LogP contribution in [0.3, 0.4) is 0 Å². The lowest BCUT2D eigenvalue weighted by Gasteiger charge is -2.21. The molecule has 0 bridgehead atoms. The number of pyridine rings is 1. The summed E-state index contributed by atoms with van der Waals surface area (Å²) in [6, 6.07) is 4.05. The second-order valence-corrected chi connectivity index (χ2v) is 5.51. The molecule has 6 nitrogen and oxygen atoms in total. The number of aromatic amines is 1. The minimum Gasteiger partial charge on any atom is -0.347 e. The second kappa shape index (κ2) is 4.14. The Labute approximate surface area is 117 Å². The summed E-state index contributed by atoms with van der Waals surface area (Å²) in [4.78, 5) is 7.50. The van der Waals surface area contributed by atoms with E-state index in [9.17, 15) is 0 Å². The van der Waals surface area contributed by atoms with E-state index in [0.29, 0.717) is 0 Å². The highest BCUT2D eigenvalue weighted by molar-refractivity contribution is 9.10. The summed E-state index contributed by atoms with van der Waals surface area (Å²) in [5, 5.41) is 12.0. The minimum atomic E-state index is 0.139.